The first kappa shape index (κ1) is 17.0. The van der Waals surface area contributed by atoms with Crippen molar-refractivity contribution in [2.24, 2.45) is 0 Å². The summed E-state index contributed by atoms with van der Waals surface area (Å²) in [7, 11) is 0. The Morgan fingerprint density at radius 2 is 1.83 bits per heavy atom. The van der Waals surface area contributed by atoms with Crippen LogP contribution in [0.15, 0.2) is 59.1 Å². The summed E-state index contributed by atoms with van der Waals surface area (Å²) in [4.78, 5) is 14.0. The predicted molar refractivity (Wildman–Crippen MR) is 91.7 cm³/mol. The molecule has 0 spiro atoms. The number of halogens is 1. The average molecular weight is 373 g/mol. The van der Waals surface area contributed by atoms with E-state index in [2.05, 4.69) is 22.0 Å². The minimum Gasteiger partial charge on any atom is -0.484 e. The van der Waals surface area contributed by atoms with Crippen molar-refractivity contribution in [2.75, 3.05) is 13.2 Å². The second-order valence-corrected chi connectivity index (χ2v) is 5.87. The Bertz CT molecular complexity index is 666. The molecule has 0 heterocycles. The van der Waals surface area contributed by atoms with Gasteiger partial charge in [0.2, 0.25) is 0 Å². The zero-order valence-electron chi connectivity index (χ0n) is 12.6. The molecule has 0 atom stereocenters. The van der Waals surface area contributed by atoms with E-state index in [-0.39, 0.29) is 12.5 Å². The summed E-state index contributed by atoms with van der Waals surface area (Å²) in [5, 5.41) is 8.77. The maximum Gasteiger partial charge on any atom is 0.260 e. The highest BCUT2D eigenvalue weighted by Gasteiger charge is 2.14. The lowest BCUT2D eigenvalue weighted by Gasteiger charge is -2.22. The van der Waals surface area contributed by atoms with Crippen molar-refractivity contribution in [3.63, 3.8) is 0 Å². The number of amides is 1. The second kappa shape index (κ2) is 8.96. The van der Waals surface area contributed by atoms with Crippen LogP contribution in [0, 0.1) is 11.3 Å². The van der Waals surface area contributed by atoms with Gasteiger partial charge in [0.25, 0.3) is 5.91 Å². The van der Waals surface area contributed by atoms with Crippen LogP contribution in [0.1, 0.15) is 12.0 Å². The van der Waals surface area contributed by atoms with E-state index >= 15 is 0 Å². The molecule has 0 N–H and O–H groups in total. The predicted octanol–water partition coefficient (Wildman–Crippen LogP) is 3.77. The first-order valence-corrected chi connectivity index (χ1v) is 8.05. The van der Waals surface area contributed by atoms with Gasteiger partial charge in [0.05, 0.1) is 12.5 Å². The monoisotopic (exact) mass is 372 g/mol. The molecule has 0 aliphatic carbocycles. The lowest BCUT2D eigenvalue weighted by atomic mass is 10.2. The van der Waals surface area contributed by atoms with Gasteiger partial charge in [0, 0.05) is 17.6 Å². The molecule has 2 aromatic carbocycles. The van der Waals surface area contributed by atoms with Crippen LogP contribution in [-0.4, -0.2) is 24.0 Å². The first-order chi connectivity index (χ1) is 11.2. The van der Waals surface area contributed by atoms with Gasteiger partial charge in [-0.2, -0.15) is 5.26 Å². The van der Waals surface area contributed by atoms with Gasteiger partial charge in [-0.1, -0.05) is 46.3 Å². The SMILES string of the molecule is N#CCCN(Cc1ccccc1)C(=O)COc1ccc(Br)cc1. The highest BCUT2D eigenvalue weighted by atomic mass is 79.9. The molecule has 1 amide bonds. The number of hydrogen-bond donors (Lipinski definition) is 0. The molecule has 2 rings (SSSR count). The summed E-state index contributed by atoms with van der Waals surface area (Å²) in [6, 6.07) is 19.1. The van der Waals surface area contributed by atoms with Gasteiger partial charge in [-0.3, -0.25) is 4.79 Å². The maximum absolute atomic E-state index is 12.4. The number of carbonyl (C=O) groups is 1. The molecule has 0 aliphatic rings. The number of rotatable bonds is 7. The Morgan fingerprint density at radius 3 is 2.48 bits per heavy atom. The fourth-order valence-corrected chi connectivity index (χ4v) is 2.31. The number of nitrogens with zero attached hydrogens (tertiary/aromatic N) is 2. The summed E-state index contributed by atoms with van der Waals surface area (Å²) in [5.74, 6) is 0.508. The van der Waals surface area contributed by atoms with Crippen LogP contribution in [0.4, 0.5) is 0 Å². The summed E-state index contributed by atoms with van der Waals surface area (Å²) in [6.45, 7) is 0.832. The van der Waals surface area contributed by atoms with E-state index in [4.69, 9.17) is 10.00 Å². The number of benzene rings is 2. The fourth-order valence-electron chi connectivity index (χ4n) is 2.05. The number of ether oxygens (including phenoxy) is 1. The molecule has 0 aliphatic heterocycles. The quantitative estimate of drug-likeness (QED) is 0.743. The summed E-state index contributed by atoms with van der Waals surface area (Å²) < 4.78 is 6.48. The summed E-state index contributed by atoms with van der Waals surface area (Å²) >= 11 is 3.35. The van der Waals surface area contributed by atoms with E-state index in [1.165, 1.54) is 0 Å². The van der Waals surface area contributed by atoms with E-state index in [1.807, 2.05) is 42.5 Å². The first-order valence-electron chi connectivity index (χ1n) is 7.26. The molecule has 0 fully saturated rings. The Morgan fingerprint density at radius 1 is 1.13 bits per heavy atom. The Kier molecular flexibility index (Phi) is 6.64. The molecule has 23 heavy (non-hydrogen) atoms. The van der Waals surface area contributed by atoms with Crippen molar-refractivity contribution < 1.29 is 9.53 Å². The van der Waals surface area contributed by atoms with Crippen LogP contribution < -0.4 is 4.74 Å². The summed E-state index contributed by atoms with van der Waals surface area (Å²) in [5.41, 5.74) is 1.03. The Balaban J connectivity index is 1.95. The van der Waals surface area contributed by atoms with E-state index in [9.17, 15) is 4.79 Å². The molecule has 118 valence electrons. The van der Waals surface area contributed by atoms with Gasteiger partial charge in [-0.25, -0.2) is 0 Å². The van der Waals surface area contributed by atoms with E-state index < -0.39 is 0 Å². The average Bonchev–Trinajstić information content (AvgIpc) is 2.58. The molecule has 0 aromatic heterocycles. The van der Waals surface area contributed by atoms with Crippen LogP contribution in [0.3, 0.4) is 0 Å². The molecule has 0 unspecified atom stereocenters. The molecule has 0 radical (unpaired) electrons. The minimum absolute atomic E-state index is 0.0418. The normalized spacial score (nSPS) is 9.91. The molecule has 2 aromatic rings. The third-order valence-corrected chi connectivity index (χ3v) is 3.77. The van der Waals surface area contributed by atoms with Crippen molar-refractivity contribution in [1.82, 2.24) is 4.90 Å². The zero-order valence-corrected chi connectivity index (χ0v) is 14.2. The van der Waals surface area contributed by atoms with Crippen molar-refractivity contribution in [1.29, 1.82) is 5.26 Å². The van der Waals surface area contributed by atoms with E-state index in [0.717, 1.165) is 10.0 Å². The zero-order chi connectivity index (χ0) is 16.5. The van der Waals surface area contributed by atoms with Crippen LogP contribution >= 0.6 is 15.9 Å². The van der Waals surface area contributed by atoms with Gasteiger partial charge in [-0.05, 0) is 29.8 Å². The lowest BCUT2D eigenvalue weighted by Crippen LogP contribution is -2.35. The molecule has 0 saturated carbocycles. The molecule has 4 nitrogen and oxygen atoms in total. The van der Waals surface area contributed by atoms with Crippen molar-refractivity contribution >= 4 is 21.8 Å². The largest absolute Gasteiger partial charge is 0.484 e. The van der Waals surface area contributed by atoms with Crippen molar-refractivity contribution in [2.45, 2.75) is 13.0 Å². The number of hydrogen-bond acceptors (Lipinski definition) is 3. The van der Waals surface area contributed by atoms with Gasteiger partial charge in [0.15, 0.2) is 6.61 Å². The van der Waals surface area contributed by atoms with Crippen LogP contribution in [0.2, 0.25) is 0 Å². The molecular weight excluding hydrogens is 356 g/mol. The fraction of sp³-hybridized carbons (Fsp3) is 0.222. The van der Waals surface area contributed by atoms with E-state index in [1.54, 1.807) is 17.0 Å². The topological polar surface area (TPSA) is 53.3 Å². The van der Waals surface area contributed by atoms with Crippen LogP contribution in [0.25, 0.3) is 0 Å². The Hall–Kier alpha value is -2.32. The summed E-state index contributed by atoms with van der Waals surface area (Å²) in [6.07, 6.45) is 0.302. The molecular formula is C18H17BrN2O2. The van der Waals surface area contributed by atoms with Crippen molar-refractivity contribution in [3.05, 3.63) is 64.6 Å². The molecule has 0 saturated heterocycles. The lowest BCUT2D eigenvalue weighted by molar-refractivity contribution is -0.133. The van der Waals surface area contributed by atoms with Gasteiger partial charge < -0.3 is 9.64 Å². The Labute approximate surface area is 144 Å². The van der Waals surface area contributed by atoms with Gasteiger partial charge in [-0.15, -0.1) is 0 Å². The molecule has 5 heteroatoms. The van der Waals surface area contributed by atoms with Crippen LogP contribution in [-0.2, 0) is 11.3 Å². The number of nitriles is 1. The standard InChI is InChI=1S/C18H17BrN2O2/c19-16-7-9-17(10-8-16)23-14-18(22)21(12-4-11-20)13-15-5-2-1-3-6-15/h1-3,5-10H,4,12-14H2. The molecule has 0 bridgehead atoms. The van der Waals surface area contributed by atoms with Gasteiger partial charge >= 0.3 is 0 Å². The third kappa shape index (κ3) is 5.76. The maximum atomic E-state index is 12.4. The number of carbonyl (C=O) groups excluding carboxylic acids is 1. The third-order valence-electron chi connectivity index (χ3n) is 3.24. The highest BCUT2D eigenvalue weighted by Crippen LogP contribution is 2.16. The smallest absolute Gasteiger partial charge is 0.260 e. The minimum atomic E-state index is -0.132. The highest BCUT2D eigenvalue weighted by molar-refractivity contribution is 9.10. The van der Waals surface area contributed by atoms with Crippen molar-refractivity contribution in [3.8, 4) is 11.8 Å². The van der Waals surface area contributed by atoms with E-state index in [0.29, 0.717) is 25.3 Å². The second-order valence-electron chi connectivity index (χ2n) is 4.95. The van der Waals surface area contributed by atoms with Crippen LogP contribution in [0.5, 0.6) is 5.75 Å². The van der Waals surface area contributed by atoms with Gasteiger partial charge in [0.1, 0.15) is 5.75 Å².